The summed E-state index contributed by atoms with van der Waals surface area (Å²) in [5.41, 5.74) is 1.07. The number of carbonyl (C=O) groups excluding carboxylic acids is 2. The number of rotatable bonds is 8. The molecule has 0 fully saturated rings. The lowest BCUT2D eigenvalue weighted by Gasteiger charge is -2.15. The van der Waals surface area contributed by atoms with Crippen molar-refractivity contribution < 1.29 is 19.1 Å². The largest absolute Gasteiger partial charge is 0.489 e. The molecule has 0 unspecified atom stereocenters. The average Bonchev–Trinajstić information content (AvgIpc) is 2.65. The van der Waals surface area contributed by atoms with Crippen molar-refractivity contribution in [2.24, 2.45) is 0 Å². The predicted molar refractivity (Wildman–Crippen MR) is 95.3 cm³/mol. The van der Waals surface area contributed by atoms with E-state index in [1.165, 1.54) is 6.92 Å². The van der Waals surface area contributed by atoms with E-state index >= 15 is 0 Å². The molecule has 2 rings (SSSR count). The van der Waals surface area contributed by atoms with Crippen LogP contribution in [-0.4, -0.2) is 24.5 Å². The Morgan fingerprint density at radius 1 is 1.12 bits per heavy atom. The Kier molecular flexibility index (Phi) is 6.77. The highest BCUT2D eigenvalue weighted by atomic mass is 16.5. The van der Waals surface area contributed by atoms with Crippen LogP contribution in [0.25, 0.3) is 0 Å². The number of benzene rings is 2. The first-order valence-corrected chi connectivity index (χ1v) is 7.97. The Morgan fingerprint density at radius 2 is 1.80 bits per heavy atom. The van der Waals surface area contributed by atoms with E-state index in [9.17, 15) is 9.59 Å². The van der Waals surface area contributed by atoms with Gasteiger partial charge in [-0.15, -0.1) is 6.58 Å². The van der Waals surface area contributed by atoms with Crippen molar-refractivity contribution in [1.82, 2.24) is 5.32 Å². The van der Waals surface area contributed by atoms with Crippen LogP contribution in [0.4, 0.5) is 0 Å². The molecular weight excluding hydrogens is 318 g/mol. The van der Waals surface area contributed by atoms with Crippen molar-refractivity contribution in [3.63, 3.8) is 0 Å². The van der Waals surface area contributed by atoms with Gasteiger partial charge in [0.25, 0.3) is 5.91 Å². The Bertz CT molecular complexity index is 727. The number of hydrogen-bond acceptors (Lipinski definition) is 4. The number of hydrogen-bond donors (Lipinski definition) is 1. The fraction of sp³-hybridized carbons (Fsp3) is 0.200. The van der Waals surface area contributed by atoms with Gasteiger partial charge in [-0.25, -0.2) is 4.79 Å². The minimum atomic E-state index is -0.893. The van der Waals surface area contributed by atoms with Gasteiger partial charge in [0, 0.05) is 12.1 Å². The molecule has 2 aromatic carbocycles. The van der Waals surface area contributed by atoms with Crippen LogP contribution in [0.2, 0.25) is 0 Å². The number of nitrogens with one attached hydrogen (secondary N) is 1. The number of esters is 1. The maximum absolute atomic E-state index is 12.4. The van der Waals surface area contributed by atoms with Gasteiger partial charge in [-0.05, 0) is 25.1 Å². The topological polar surface area (TPSA) is 64.6 Å². The monoisotopic (exact) mass is 339 g/mol. The van der Waals surface area contributed by atoms with E-state index < -0.39 is 12.1 Å². The summed E-state index contributed by atoms with van der Waals surface area (Å²) in [7, 11) is 0. The van der Waals surface area contributed by atoms with E-state index in [4.69, 9.17) is 9.47 Å². The number of carbonyl (C=O) groups is 2. The van der Waals surface area contributed by atoms with E-state index in [-0.39, 0.29) is 12.5 Å². The quantitative estimate of drug-likeness (QED) is 0.593. The maximum atomic E-state index is 12.4. The molecule has 5 heteroatoms. The molecule has 0 aliphatic heterocycles. The molecule has 0 saturated carbocycles. The number of para-hydroxylation sites is 1. The van der Waals surface area contributed by atoms with Crippen molar-refractivity contribution in [3.05, 3.63) is 78.4 Å². The second-order valence-corrected chi connectivity index (χ2v) is 5.34. The van der Waals surface area contributed by atoms with E-state index in [0.717, 1.165) is 0 Å². The molecule has 0 saturated heterocycles. The Balaban J connectivity index is 2.02. The second-order valence-electron chi connectivity index (χ2n) is 5.34. The lowest BCUT2D eigenvalue weighted by atomic mass is 10.1. The highest BCUT2D eigenvalue weighted by molar-refractivity contribution is 5.93. The number of ether oxygens (including phenoxy) is 2. The molecule has 130 valence electrons. The van der Waals surface area contributed by atoms with Gasteiger partial charge in [0.15, 0.2) is 6.10 Å². The van der Waals surface area contributed by atoms with E-state index in [1.807, 2.05) is 36.4 Å². The molecule has 2 aromatic rings. The third-order valence-corrected chi connectivity index (χ3v) is 3.45. The lowest BCUT2D eigenvalue weighted by Crippen LogP contribution is -2.36. The molecule has 0 bridgehead atoms. The van der Waals surface area contributed by atoms with Crippen molar-refractivity contribution in [2.45, 2.75) is 19.6 Å². The average molecular weight is 339 g/mol. The SMILES string of the molecule is C=CCNC(=O)[C@H](C)OC(=O)c1ccccc1COc1ccccc1. The van der Waals surface area contributed by atoms with Gasteiger partial charge in [0.05, 0.1) is 5.56 Å². The highest BCUT2D eigenvalue weighted by Gasteiger charge is 2.20. The fourth-order valence-corrected chi connectivity index (χ4v) is 2.12. The summed E-state index contributed by atoms with van der Waals surface area (Å²) in [5, 5.41) is 2.59. The molecule has 0 heterocycles. The molecule has 25 heavy (non-hydrogen) atoms. The van der Waals surface area contributed by atoms with E-state index in [0.29, 0.717) is 23.4 Å². The second kappa shape index (κ2) is 9.27. The summed E-state index contributed by atoms with van der Waals surface area (Å²) in [6.07, 6.45) is 0.665. The molecular formula is C20H21NO4. The Hall–Kier alpha value is -3.08. The molecule has 1 atom stereocenters. The molecule has 0 aliphatic carbocycles. The van der Waals surface area contributed by atoms with Crippen LogP contribution < -0.4 is 10.1 Å². The predicted octanol–water partition coefficient (Wildman–Crippen LogP) is 3.11. The summed E-state index contributed by atoms with van der Waals surface area (Å²) < 4.78 is 10.9. The zero-order valence-corrected chi connectivity index (χ0v) is 14.1. The molecule has 1 amide bonds. The lowest BCUT2D eigenvalue weighted by molar-refractivity contribution is -0.128. The summed E-state index contributed by atoms with van der Waals surface area (Å²) in [5.74, 6) is -0.220. The standard InChI is InChI=1S/C20H21NO4/c1-3-13-21-19(22)15(2)25-20(23)18-12-8-7-9-16(18)14-24-17-10-5-4-6-11-17/h3-12,15H,1,13-14H2,2H3,(H,21,22)/t15-/m0/s1. The van der Waals surface area contributed by atoms with Crippen molar-refractivity contribution in [1.29, 1.82) is 0 Å². The third-order valence-electron chi connectivity index (χ3n) is 3.45. The minimum absolute atomic E-state index is 0.229. The molecule has 0 spiro atoms. The molecule has 0 radical (unpaired) electrons. The first-order chi connectivity index (χ1) is 12.1. The minimum Gasteiger partial charge on any atom is -0.489 e. The van der Waals surface area contributed by atoms with Gasteiger partial charge in [-0.1, -0.05) is 42.5 Å². The van der Waals surface area contributed by atoms with Gasteiger partial charge in [-0.2, -0.15) is 0 Å². The van der Waals surface area contributed by atoms with Crippen molar-refractivity contribution >= 4 is 11.9 Å². The fourth-order valence-electron chi connectivity index (χ4n) is 2.12. The van der Waals surface area contributed by atoms with Gasteiger partial charge in [-0.3, -0.25) is 4.79 Å². The third kappa shape index (κ3) is 5.49. The van der Waals surface area contributed by atoms with Crippen LogP contribution in [0, 0.1) is 0 Å². The van der Waals surface area contributed by atoms with Crippen LogP contribution in [-0.2, 0) is 16.1 Å². The first-order valence-electron chi connectivity index (χ1n) is 7.97. The van der Waals surface area contributed by atoms with Crippen LogP contribution in [0.3, 0.4) is 0 Å². The van der Waals surface area contributed by atoms with Crippen molar-refractivity contribution in [3.8, 4) is 5.75 Å². The molecule has 0 aromatic heterocycles. The Labute approximate surface area is 147 Å². The zero-order chi connectivity index (χ0) is 18.1. The van der Waals surface area contributed by atoms with Crippen LogP contribution >= 0.6 is 0 Å². The zero-order valence-electron chi connectivity index (χ0n) is 14.1. The molecule has 0 aliphatic rings. The van der Waals surface area contributed by atoms with E-state index in [2.05, 4.69) is 11.9 Å². The van der Waals surface area contributed by atoms with Gasteiger partial charge in [0.2, 0.25) is 0 Å². The highest BCUT2D eigenvalue weighted by Crippen LogP contribution is 2.16. The molecule has 1 N–H and O–H groups in total. The number of amides is 1. The summed E-state index contributed by atoms with van der Waals surface area (Å²) in [6.45, 7) is 5.60. The van der Waals surface area contributed by atoms with E-state index in [1.54, 1.807) is 24.3 Å². The summed E-state index contributed by atoms with van der Waals surface area (Å²) in [6, 6.07) is 16.3. The molecule has 5 nitrogen and oxygen atoms in total. The summed E-state index contributed by atoms with van der Waals surface area (Å²) >= 11 is 0. The Morgan fingerprint density at radius 3 is 2.52 bits per heavy atom. The van der Waals surface area contributed by atoms with Gasteiger partial charge < -0.3 is 14.8 Å². The van der Waals surface area contributed by atoms with Gasteiger partial charge in [0.1, 0.15) is 12.4 Å². The maximum Gasteiger partial charge on any atom is 0.339 e. The summed E-state index contributed by atoms with van der Waals surface area (Å²) in [4.78, 5) is 24.2. The van der Waals surface area contributed by atoms with Crippen LogP contribution in [0.1, 0.15) is 22.8 Å². The smallest absolute Gasteiger partial charge is 0.339 e. The van der Waals surface area contributed by atoms with Gasteiger partial charge >= 0.3 is 5.97 Å². The normalized spacial score (nSPS) is 11.2. The van der Waals surface area contributed by atoms with Crippen LogP contribution in [0.5, 0.6) is 5.75 Å². The first kappa shape index (κ1) is 18.3. The van der Waals surface area contributed by atoms with Crippen molar-refractivity contribution in [2.75, 3.05) is 6.54 Å². The van der Waals surface area contributed by atoms with Crippen LogP contribution in [0.15, 0.2) is 67.3 Å².